The number of carbonyl (C=O) groups excluding carboxylic acids is 1. The largest absolute Gasteiger partial charge is 0.355 e. The standard InChI is InChI=1S/C16H23FN2O/c1-11(12-8-18-9-12)15(20)19-10-16(2,3)13-6-4-5-7-14(13)17/h4-7,11-12,18H,8-10H2,1-3H3,(H,19,20). The van der Waals surface area contributed by atoms with Gasteiger partial charge in [-0.1, -0.05) is 39.0 Å². The van der Waals surface area contributed by atoms with Gasteiger partial charge in [-0.05, 0) is 30.6 Å². The first kappa shape index (κ1) is 15.0. The Morgan fingerprint density at radius 3 is 2.65 bits per heavy atom. The zero-order chi connectivity index (χ0) is 14.8. The van der Waals surface area contributed by atoms with E-state index in [2.05, 4.69) is 10.6 Å². The molecule has 1 aliphatic rings. The number of carbonyl (C=O) groups is 1. The Balaban J connectivity index is 1.95. The molecule has 0 aliphatic carbocycles. The maximum atomic E-state index is 13.8. The minimum atomic E-state index is -0.418. The van der Waals surface area contributed by atoms with E-state index < -0.39 is 5.41 Å². The molecule has 2 N–H and O–H groups in total. The number of amides is 1. The number of nitrogens with one attached hydrogen (secondary N) is 2. The van der Waals surface area contributed by atoms with E-state index in [9.17, 15) is 9.18 Å². The van der Waals surface area contributed by atoms with Gasteiger partial charge in [-0.15, -0.1) is 0 Å². The number of hydrogen-bond acceptors (Lipinski definition) is 2. The zero-order valence-corrected chi connectivity index (χ0v) is 12.4. The molecular weight excluding hydrogens is 255 g/mol. The Labute approximate surface area is 120 Å². The van der Waals surface area contributed by atoms with Crippen LogP contribution in [0.15, 0.2) is 24.3 Å². The summed E-state index contributed by atoms with van der Waals surface area (Å²) in [6.07, 6.45) is 0. The van der Waals surface area contributed by atoms with Crippen LogP contribution in [0.25, 0.3) is 0 Å². The molecule has 1 aliphatic heterocycles. The highest BCUT2D eigenvalue weighted by atomic mass is 19.1. The van der Waals surface area contributed by atoms with Gasteiger partial charge in [0.05, 0.1) is 0 Å². The maximum Gasteiger partial charge on any atom is 0.223 e. The summed E-state index contributed by atoms with van der Waals surface area (Å²) in [4.78, 5) is 12.1. The number of benzene rings is 1. The predicted molar refractivity (Wildman–Crippen MR) is 78.0 cm³/mol. The lowest BCUT2D eigenvalue weighted by atomic mass is 9.83. The highest BCUT2D eigenvalue weighted by Gasteiger charge is 2.30. The second-order valence-corrected chi connectivity index (χ2v) is 6.29. The van der Waals surface area contributed by atoms with Crippen LogP contribution in [-0.2, 0) is 10.2 Å². The van der Waals surface area contributed by atoms with Crippen LogP contribution < -0.4 is 10.6 Å². The second kappa shape index (κ2) is 5.92. The quantitative estimate of drug-likeness (QED) is 0.866. The minimum absolute atomic E-state index is 0.00710. The van der Waals surface area contributed by atoms with Crippen molar-refractivity contribution < 1.29 is 9.18 Å². The van der Waals surface area contributed by atoms with E-state index in [0.717, 1.165) is 13.1 Å². The number of rotatable bonds is 5. The van der Waals surface area contributed by atoms with Crippen LogP contribution in [-0.4, -0.2) is 25.5 Å². The molecule has 0 bridgehead atoms. The van der Waals surface area contributed by atoms with Crippen LogP contribution in [0.2, 0.25) is 0 Å². The summed E-state index contributed by atoms with van der Waals surface area (Å²) in [5.74, 6) is 0.267. The monoisotopic (exact) mass is 278 g/mol. The average Bonchev–Trinajstić information content (AvgIpc) is 2.34. The van der Waals surface area contributed by atoms with Crippen molar-refractivity contribution in [3.63, 3.8) is 0 Å². The van der Waals surface area contributed by atoms with E-state index in [1.54, 1.807) is 12.1 Å². The first-order chi connectivity index (χ1) is 9.42. The maximum absolute atomic E-state index is 13.8. The van der Waals surface area contributed by atoms with Crippen molar-refractivity contribution in [2.75, 3.05) is 19.6 Å². The molecule has 110 valence electrons. The lowest BCUT2D eigenvalue weighted by Crippen LogP contribution is -2.50. The molecule has 1 aromatic carbocycles. The SMILES string of the molecule is CC(C(=O)NCC(C)(C)c1ccccc1F)C1CNC1. The molecule has 2 rings (SSSR count). The van der Waals surface area contributed by atoms with Gasteiger partial charge in [-0.2, -0.15) is 0 Å². The molecule has 1 heterocycles. The van der Waals surface area contributed by atoms with Gasteiger partial charge in [0.25, 0.3) is 0 Å². The lowest BCUT2D eigenvalue weighted by Gasteiger charge is -2.33. The van der Waals surface area contributed by atoms with Gasteiger partial charge < -0.3 is 10.6 Å². The van der Waals surface area contributed by atoms with E-state index in [-0.39, 0.29) is 17.6 Å². The van der Waals surface area contributed by atoms with Gasteiger partial charge in [-0.3, -0.25) is 4.79 Å². The first-order valence-electron chi connectivity index (χ1n) is 7.15. The molecule has 1 unspecified atom stereocenters. The molecule has 3 nitrogen and oxygen atoms in total. The third-order valence-corrected chi connectivity index (χ3v) is 4.24. The van der Waals surface area contributed by atoms with Crippen LogP contribution in [0, 0.1) is 17.7 Å². The van der Waals surface area contributed by atoms with Gasteiger partial charge in [0.1, 0.15) is 5.82 Å². The van der Waals surface area contributed by atoms with Crippen molar-refractivity contribution in [2.24, 2.45) is 11.8 Å². The molecule has 0 aromatic heterocycles. The molecule has 0 saturated carbocycles. The molecule has 1 aromatic rings. The second-order valence-electron chi connectivity index (χ2n) is 6.29. The fraction of sp³-hybridized carbons (Fsp3) is 0.562. The summed E-state index contributed by atoms with van der Waals surface area (Å²) in [7, 11) is 0. The molecule has 0 radical (unpaired) electrons. The van der Waals surface area contributed by atoms with Crippen molar-refractivity contribution in [2.45, 2.75) is 26.2 Å². The Bertz CT molecular complexity index is 483. The topological polar surface area (TPSA) is 41.1 Å². The van der Waals surface area contributed by atoms with E-state index in [4.69, 9.17) is 0 Å². The van der Waals surface area contributed by atoms with Gasteiger partial charge in [0, 0.05) is 17.9 Å². The van der Waals surface area contributed by atoms with Crippen molar-refractivity contribution in [1.29, 1.82) is 0 Å². The zero-order valence-electron chi connectivity index (χ0n) is 12.4. The van der Waals surface area contributed by atoms with Gasteiger partial charge in [0.2, 0.25) is 5.91 Å². The molecule has 0 spiro atoms. The lowest BCUT2D eigenvalue weighted by molar-refractivity contribution is -0.126. The average molecular weight is 278 g/mol. The van der Waals surface area contributed by atoms with E-state index >= 15 is 0 Å². The highest BCUT2D eigenvalue weighted by Crippen LogP contribution is 2.25. The Morgan fingerprint density at radius 2 is 2.10 bits per heavy atom. The molecule has 1 fully saturated rings. The summed E-state index contributed by atoms with van der Waals surface area (Å²) in [5.41, 5.74) is 0.219. The summed E-state index contributed by atoms with van der Waals surface area (Å²) in [5, 5.41) is 6.14. The van der Waals surface area contributed by atoms with E-state index in [1.807, 2.05) is 26.8 Å². The van der Waals surface area contributed by atoms with Crippen LogP contribution in [0.5, 0.6) is 0 Å². The van der Waals surface area contributed by atoms with Crippen LogP contribution in [0.4, 0.5) is 4.39 Å². The van der Waals surface area contributed by atoms with Crippen molar-refractivity contribution >= 4 is 5.91 Å². The van der Waals surface area contributed by atoms with Crippen LogP contribution in [0.1, 0.15) is 26.3 Å². The summed E-state index contributed by atoms with van der Waals surface area (Å²) >= 11 is 0. The molecule has 1 atom stereocenters. The molecule has 20 heavy (non-hydrogen) atoms. The van der Waals surface area contributed by atoms with Gasteiger partial charge in [-0.25, -0.2) is 4.39 Å². The number of halogens is 1. The summed E-state index contributed by atoms with van der Waals surface area (Å²) < 4.78 is 13.8. The van der Waals surface area contributed by atoms with E-state index in [0.29, 0.717) is 18.0 Å². The summed E-state index contributed by atoms with van der Waals surface area (Å²) in [6, 6.07) is 6.74. The fourth-order valence-electron chi connectivity index (χ4n) is 2.45. The van der Waals surface area contributed by atoms with Crippen molar-refractivity contribution in [3.8, 4) is 0 Å². The molecule has 1 saturated heterocycles. The molecule has 4 heteroatoms. The Hall–Kier alpha value is -1.42. The predicted octanol–water partition coefficient (Wildman–Crippen LogP) is 2.08. The normalized spacial score (nSPS) is 17.4. The van der Waals surface area contributed by atoms with Gasteiger partial charge >= 0.3 is 0 Å². The first-order valence-corrected chi connectivity index (χ1v) is 7.15. The minimum Gasteiger partial charge on any atom is -0.355 e. The highest BCUT2D eigenvalue weighted by molar-refractivity contribution is 5.78. The number of hydrogen-bond donors (Lipinski definition) is 2. The molecule has 1 amide bonds. The Morgan fingerprint density at radius 1 is 1.45 bits per heavy atom. The van der Waals surface area contributed by atoms with Crippen LogP contribution >= 0.6 is 0 Å². The van der Waals surface area contributed by atoms with Gasteiger partial charge in [0.15, 0.2) is 0 Å². The van der Waals surface area contributed by atoms with Crippen LogP contribution in [0.3, 0.4) is 0 Å². The van der Waals surface area contributed by atoms with E-state index in [1.165, 1.54) is 6.07 Å². The summed E-state index contributed by atoms with van der Waals surface area (Å²) in [6.45, 7) is 8.10. The fourth-order valence-corrected chi connectivity index (χ4v) is 2.45. The Kier molecular flexibility index (Phi) is 4.43. The van der Waals surface area contributed by atoms with Crippen molar-refractivity contribution in [3.05, 3.63) is 35.6 Å². The molecular formula is C16H23FN2O. The third kappa shape index (κ3) is 3.18. The smallest absolute Gasteiger partial charge is 0.223 e. The van der Waals surface area contributed by atoms with Crippen molar-refractivity contribution in [1.82, 2.24) is 10.6 Å². The third-order valence-electron chi connectivity index (χ3n) is 4.24.